The van der Waals surface area contributed by atoms with Crippen LogP contribution in [0.25, 0.3) is 0 Å². The second-order valence-electron chi connectivity index (χ2n) is 5.75. The molecule has 1 unspecified atom stereocenters. The van der Waals surface area contributed by atoms with Gasteiger partial charge in [-0.2, -0.15) is 0 Å². The van der Waals surface area contributed by atoms with Gasteiger partial charge in [-0.15, -0.1) is 0 Å². The first-order chi connectivity index (χ1) is 12.1. The minimum Gasteiger partial charge on any atom is -0.378 e. The normalized spacial score (nSPS) is 11.8. The number of carbonyl (C=O) groups is 1. The van der Waals surface area contributed by atoms with Crippen LogP contribution in [-0.4, -0.2) is 5.78 Å². The van der Waals surface area contributed by atoms with E-state index in [9.17, 15) is 9.18 Å². The Hall–Kier alpha value is -2.65. The Morgan fingerprint density at radius 2 is 1.56 bits per heavy atom. The molecule has 0 radical (unpaired) electrons. The highest BCUT2D eigenvalue weighted by Crippen LogP contribution is 2.26. The standard InChI is InChI=1S/C21H17ClFNO/c22-17-8-6-15(7-9-17)20(24-19-12-10-18(23)11-13-19)14-21(25)16-4-2-1-3-5-16/h1-13,20,24H,14H2. The van der Waals surface area contributed by atoms with Crippen molar-refractivity contribution in [3.05, 3.63) is 101 Å². The van der Waals surface area contributed by atoms with Crippen LogP contribution in [0, 0.1) is 5.82 Å². The Morgan fingerprint density at radius 3 is 2.20 bits per heavy atom. The molecule has 4 heteroatoms. The van der Waals surface area contributed by atoms with E-state index in [0.717, 1.165) is 11.3 Å². The Kier molecular flexibility index (Phi) is 5.46. The zero-order valence-electron chi connectivity index (χ0n) is 13.5. The minimum absolute atomic E-state index is 0.0372. The number of hydrogen-bond donors (Lipinski definition) is 1. The van der Waals surface area contributed by atoms with Crippen molar-refractivity contribution in [3.8, 4) is 0 Å². The van der Waals surface area contributed by atoms with E-state index in [-0.39, 0.29) is 24.1 Å². The van der Waals surface area contributed by atoms with Gasteiger partial charge in [0.05, 0.1) is 6.04 Å². The summed E-state index contributed by atoms with van der Waals surface area (Å²) in [5.74, 6) is -0.260. The van der Waals surface area contributed by atoms with Crippen LogP contribution in [0.15, 0.2) is 78.9 Å². The lowest BCUT2D eigenvalue weighted by Crippen LogP contribution is -2.15. The molecule has 0 aromatic heterocycles. The Bertz CT molecular complexity index is 832. The molecule has 0 spiro atoms. The van der Waals surface area contributed by atoms with E-state index in [4.69, 9.17) is 11.6 Å². The fourth-order valence-electron chi connectivity index (χ4n) is 2.62. The third-order valence-corrected chi connectivity index (χ3v) is 4.19. The van der Waals surface area contributed by atoms with E-state index in [2.05, 4.69) is 5.32 Å². The fraction of sp³-hybridized carbons (Fsp3) is 0.0952. The first-order valence-electron chi connectivity index (χ1n) is 7.97. The SMILES string of the molecule is O=C(CC(Nc1ccc(F)cc1)c1ccc(Cl)cc1)c1ccccc1. The summed E-state index contributed by atoms with van der Waals surface area (Å²) in [6.45, 7) is 0. The Balaban J connectivity index is 1.84. The van der Waals surface area contributed by atoms with Gasteiger partial charge in [0.25, 0.3) is 0 Å². The fourth-order valence-corrected chi connectivity index (χ4v) is 2.75. The molecule has 3 aromatic carbocycles. The number of rotatable bonds is 6. The zero-order valence-corrected chi connectivity index (χ0v) is 14.2. The van der Waals surface area contributed by atoms with Gasteiger partial charge in [0.15, 0.2) is 5.78 Å². The molecule has 0 saturated heterocycles. The van der Waals surface area contributed by atoms with Crippen molar-refractivity contribution in [1.82, 2.24) is 0 Å². The number of Topliss-reactive ketones (excluding diaryl/α,β-unsaturated/α-hetero) is 1. The molecule has 2 nitrogen and oxygen atoms in total. The summed E-state index contributed by atoms with van der Waals surface area (Å²) in [5.41, 5.74) is 2.36. The average Bonchev–Trinajstić information content (AvgIpc) is 2.64. The van der Waals surface area contributed by atoms with Gasteiger partial charge in [-0.1, -0.05) is 54.1 Å². The molecule has 3 rings (SSSR count). The predicted octanol–water partition coefficient (Wildman–Crippen LogP) is 5.91. The van der Waals surface area contributed by atoms with E-state index in [1.165, 1.54) is 12.1 Å². The monoisotopic (exact) mass is 353 g/mol. The van der Waals surface area contributed by atoms with Crippen LogP contribution in [0.1, 0.15) is 28.4 Å². The predicted molar refractivity (Wildman–Crippen MR) is 99.6 cm³/mol. The van der Waals surface area contributed by atoms with Gasteiger partial charge in [0.2, 0.25) is 0 Å². The lowest BCUT2D eigenvalue weighted by atomic mass is 9.97. The van der Waals surface area contributed by atoms with Crippen molar-refractivity contribution in [1.29, 1.82) is 0 Å². The topological polar surface area (TPSA) is 29.1 Å². The molecule has 0 bridgehead atoms. The van der Waals surface area contributed by atoms with Gasteiger partial charge in [0, 0.05) is 22.7 Å². The van der Waals surface area contributed by atoms with Crippen molar-refractivity contribution in [2.24, 2.45) is 0 Å². The second kappa shape index (κ2) is 7.95. The van der Waals surface area contributed by atoms with Gasteiger partial charge in [-0.3, -0.25) is 4.79 Å². The zero-order chi connectivity index (χ0) is 17.6. The van der Waals surface area contributed by atoms with Gasteiger partial charge in [0.1, 0.15) is 5.82 Å². The molecule has 3 aromatic rings. The third-order valence-electron chi connectivity index (χ3n) is 3.94. The summed E-state index contributed by atoms with van der Waals surface area (Å²) >= 11 is 5.97. The van der Waals surface area contributed by atoms with Crippen molar-refractivity contribution >= 4 is 23.1 Å². The summed E-state index contributed by atoms with van der Waals surface area (Å²) in [6.07, 6.45) is 0.281. The van der Waals surface area contributed by atoms with E-state index in [0.29, 0.717) is 10.6 Å². The van der Waals surface area contributed by atoms with Crippen LogP contribution in [0.4, 0.5) is 10.1 Å². The molecule has 0 fully saturated rings. The highest BCUT2D eigenvalue weighted by Gasteiger charge is 2.17. The lowest BCUT2D eigenvalue weighted by molar-refractivity contribution is 0.0976. The van der Waals surface area contributed by atoms with E-state index in [1.807, 2.05) is 30.3 Å². The van der Waals surface area contributed by atoms with Crippen molar-refractivity contribution in [2.75, 3.05) is 5.32 Å². The van der Waals surface area contributed by atoms with Gasteiger partial charge in [-0.05, 0) is 42.0 Å². The summed E-state index contributed by atoms with van der Waals surface area (Å²) in [4.78, 5) is 12.6. The molecular formula is C21H17ClFNO. The van der Waals surface area contributed by atoms with E-state index >= 15 is 0 Å². The molecule has 25 heavy (non-hydrogen) atoms. The molecule has 0 saturated carbocycles. The van der Waals surface area contributed by atoms with Gasteiger partial charge < -0.3 is 5.32 Å². The maximum atomic E-state index is 13.1. The highest BCUT2D eigenvalue weighted by molar-refractivity contribution is 6.30. The van der Waals surface area contributed by atoms with E-state index < -0.39 is 0 Å². The molecule has 0 aliphatic carbocycles. The molecule has 0 aliphatic rings. The minimum atomic E-state index is -0.297. The summed E-state index contributed by atoms with van der Waals surface area (Å²) in [6, 6.07) is 22.4. The number of hydrogen-bond acceptors (Lipinski definition) is 2. The number of anilines is 1. The maximum Gasteiger partial charge on any atom is 0.165 e. The van der Waals surface area contributed by atoms with Crippen LogP contribution < -0.4 is 5.32 Å². The molecule has 0 aliphatic heterocycles. The number of ketones is 1. The van der Waals surface area contributed by atoms with Gasteiger partial charge in [-0.25, -0.2) is 4.39 Å². The second-order valence-corrected chi connectivity index (χ2v) is 6.19. The lowest BCUT2D eigenvalue weighted by Gasteiger charge is -2.20. The van der Waals surface area contributed by atoms with Crippen LogP contribution in [0.5, 0.6) is 0 Å². The molecule has 1 atom stereocenters. The highest BCUT2D eigenvalue weighted by atomic mass is 35.5. The van der Waals surface area contributed by atoms with Crippen LogP contribution in [0.2, 0.25) is 5.02 Å². The van der Waals surface area contributed by atoms with Crippen LogP contribution in [0.3, 0.4) is 0 Å². The molecule has 0 amide bonds. The Labute approximate surface area is 151 Å². The molecule has 126 valence electrons. The largest absolute Gasteiger partial charge is 0.378 e. The number of nitrogens with one attached hydrogen (secondary N) is 1. The quantitative estimate of drug-likeness (QED) is 0.558. The third kappa shape index (κ3) is 4.68. The van der Waals surface area contributed by atoms with Crippen molar-refractivity contribution in [2.45, 2.75) is 12.5 Å². The van der Waals surface area contributed by atoms with Crippen molar-refractivity contribution < 1.29 is 9.18 Å². The molecule has 0 heterocycles. The van der Waals surface area contributed by atoms with Crippen LogP contribution in [-0.2, 0) is 0 Å². The number of carbonyl (C=O) groups excluding carboxylic acids is 1. The summed E-state index contributed by atoms with van der Waals surface area (Å²) in [7, 11) is 0. The number of halogens is 2. The maximum absolute atomic E-state index is 13.1. The summed E-state index contributed by atoms with van der Waals surface area (Å²) < 4.78 is 13.1. The Morgan fingerprint density at radius 1 is 0.920 bits per heavy atom. The molecule has 1 N–H and O–H groups in total. The summed E-state index contributed by atoms with van der Waals surface area (Å²) in [5, 5.41) is 3.95. The number of benzene rings is 3. The van der Waals surface area contributed by atoms with Gasteiger partial charge >= 0.3 is 0 Å². The molecular weight excluding hydrogens is 337 g/mol. The first kappa shape index (κ1) is 17.2. The van der Waals surface area contributed by atoms with Crippen LogP contribution >= 0.6 is 11.6 Å². The van der Waals surface area contributed by atoms with Crippen molar-refractivity contribution in [3.63, 3.8) is 0 Å². The first-order valence-corrected chi connectivity index (χ1v) is 8.35. The average molecular weight is 354 g/mol. The van der Waals surface area contributed by atoms with E-state index in [1.54, 1.807) is 36.4 Å². The smallest absolute Gasteiger partial charge is 0.165 e.